The van der Waals surface area contributed by atoms with Gasteiger partial charge in [0.15, 0.2) is 0 Å². The van der Waals surface area contributed by atoms with Crippen molar-refractivity contribution in [2.75, 3.05) is 20.2 Å². The van der Waals surface area contributed by atoms with Gasteiger partial charge in [0.2, 0.25) is 17.7 Å². The lowest BCUT2D eigenvalue weighted by Crippen LogP contribution is -2.61. The summed E-state index contributed by atoms with van der Waals surface area (Å²) in [4.78, 5) is 36.4. The topological polar surface area (TPSA) is 114 Å². The quantitative estimate of drug-likeness (QED) is 0.660. The van der Waals surface area contributed by atoms with E-state index in [4.69, 9.17) is 10.5 Å². The van der Waals surface area contributed by atoms with Crippen LogP contribution in [0.25, 0.3) is 0 Å². The Balaban J connectivity index is 0.000000237. The number of benzene rings is 1. The molecule has 172 valence electrons. The van der Waals surface area contributed by atoms with Crippen LogP contribution in [0.4, 0.5) is 0 Å². The highest BCUT2D eigenvalue weighted by Crippen LogP contribution is 2.28. The third-order valence-corrected chi connectivity index (χ3v) is 5.60. The molecule has 0 saturated carbocycles. The van der Waals surface area contributed by atoms with E-state index >= 15 is 0 Å². The Morgan fingerprint density at radius 2 is 1.74 bits per heavy atom. The summed E-state index contributed by atoms with van der Waals surface area (Å²) in [6, 6.07) is 7.41. The summed E-state index contributed by atoms with van der Waals surface area (Å²) in [5, 5.41) is 5.27. The summed E-state index contributed by atoms with van der Waals surface area (Å²) in [5.41, 5.74) is 8.43. The van der Waals surface area contributed by atoms with Gasteiger partial charge < -0.3 is 26.0 Å². The summed E-state index contributed by atoms with van der Waals surface area (Å²) in [6.45, 7) is 4.24. The summed E-state index contributed by atoms with van der Waals surface area (Å²) in [6.07, 6.45) is 6.07. The lowest BCUT2D eigenvalue weighted by Gasteiger charge is -2.37. The van der Waals surface area contributed by atoms with Crippen molar-refractivity contribution in [3.05, 3.63) is 35.4 Å². The minimum Gasteiger partial charge on any atom is -0.368 e. The maximum absolute atomic E-state index is 12.3. The van der Waals surface area contributed by atoms with Crippen molar-refractivity contribution in [1.82, 2.24) is 15.5 Å². The Morgan fingerprint density at radius 3 is 2.29 bits per heavy atom. The fraction of sp³-hybridized carbons (Fsp3) is 0.609. The van der Waals surface area contributed by atoms with Gasteiger partial charge in [-0.2, -0.15) is 0 Å². The van der Waals surface area contributed by atoms with Gasteiger partial charge in [0.1, 0.15) is 18.3 Å². The van der Waals surface area contributed by atoms with E-state index in [0.717, 1.165) is 0 Å². The predicted octanol–water partition coefficient (Wildman–Crippen LogP) is 1.11. The Morgan fingerprint density at radius 1 is 1.13 bits per heavy atom. The van der Waals surface area contributed by atoms with Crippen LogP contribution in [0.1, 0.15) is 50.7 Å². The molecule has 0 aromatic heterocycles. The number of hydrogen-bond acceptors (Lipinski definition) is 5. The van der Waals surface area contributed by atoms with E-state index in [1.54, 1.807) is 18.2 Å². The van der Waals surface area contributed by atoms with Crippen LogP contribution in [0, 0.1) is 0 Å². The van der Waals surface area contributed by atoms with E-state index < -0.39 is 24.2 Å². The Bertz CT molecular complexity index is 730. The van der Waals surface area contributed by atoms with Gasteiger partial charge in [-0.25, -0.2) is 0 Å². The van der Waals surface area contributed by atoms with Crippen molar-refractivity contribution in [1.29, 1.82) is 0 Å². The Labute approximate surface area is 184 Å². The average molecular weight is 433 g/mol. The third-order valence-electron chi connectivity index (χ3n) is 5.60. The maximum Gasteiger partial charge on any atom is 0.250 e. The van der Waals surface area contributed by atoms with Crippen molar-refractivity contribution in [2.45, 2.75) is 70.7 Å². The number of rotatable bonds is 4. The van der Waals surface area contributed by atoms with Crippen molar-refractivity contribution < 1.29 is 19.1 Å². The average Bonchev–Trinajstić information content (AvgIpc) is 3.23. The molecule has 0 bridgehead atoms. The molecular formula is C23H36N4O4. The highest BCUT2D eigenvalue weighted by molar-refractivity contribution is 5.93. The second-order valence-corrected chi connectivity index (χ2v) is 7.66. The molecule has 31 heavy (non-hydrogen) atoms. The zero-order chi connectivity index (χ0) is 22.8. The molecule has 4 rings (SSSR count). The van der Waals surface area contributed by atoms with Gasteiger partial charge in [-0.15, -0.1) is 0 Å². The Kier molecular flexibility index (Phi) is 9.94. The van der Waals surface area contributed by atoms with Crippen molar-refractivity contribution >= 4 is 17.7 Å². The number of aryl methyl sites for hydroxylation is 2. The van der Waals surface area contributed by atoms with E-state index in [1.807, 2.05) is 13.8 Å². The molecule has 2 fully saturated rings. The minimum absolute atomic E-state index is 0.118. The number of likely N-dealkylation sites (N-methyl/N-ethyl adjacent to an activating group) is 1. The zero-order valence-corrected chi connectivity index (χ0v) is 18.9. The van der Waals surface area contributed by atoms with Crippen LogP contribution in [-0.2, 0) is 32.0 Å². The number of primary amides is 1. The summed E-state index contributed by atoms with van der Waals surface area (Å²) < 4.78 is 5.51. The van der Waals surface area contributed by atoms with Crippen molar-refractivity contribution in [2.24, 2.45) is 5.73 Å². The molecule has 4 N–H and O–H groups in total. The van der Waals surface area contributed by atoms with Gasteiger partial charge in [0.25, 0.3) is 0 Å². The third kappa shape index (κ3) is 6.51. The number of nitrogens with one attached hydrogen (secondary N) is 2. The smallest absolute Gasteiger partial charge is 0.250 e. The molecule has 8 heteroatoms. The number of nitrogens with two attached hydrogens (primary N) is 1. The number of fused-ring (bicyclic) bond motifs is 2. The van der Waals surface area contributed by atoms with Gasteiger partial charge in [0.05, 0.1) is 13.2 Å². The van der Waals surface area contributed by atoms with Crippen molar-refractivity contribution in [3.63, 3.8) is 0 Å². The highest BCUT2D eigenvalue weighted by Gasteiger charge is 2.46. The molecule has 2 heterocycles. The lowest BCUT2D eigenvalue weighted by atomic mass is 9.92. The fourth-order valence-corrected chi connectivity index (χ4v) is 4.16. The van der Waals surface area contributed by atoms with Crippen LogP contribution < -0.4 is 16.4 Å². The molecule has 2 aliphatic heterocycles. The molecule has 2 saturated heterocycles. The molecule has 3 atom stereocenters. The van der Waals surface area contributed by atoms with Gasteiger partial charge >= 0.3 is 0 Å². The van der Waals surface area contributed by atoms with E-state index in [2.05, 4.69) is 34.9 Å². The molecular weight excluding hydrogens is 396 g/mol. The molecule has 0 spiro atoms. The molecule has 3 aliphatic rings. The van der Waals surface area contributed by atoms with Gasteiger partial charge in [0, 0.05) is 0 Å². The first-order chi connectivity index (χ1) is 15.0. The number of ether oxygens (including phenoxy) is 1. The standard InChI is InChI=1S/C11H18N4O4.C10H12.C2H6/c1-13-4-8(16)14-6-5-19-9-3-2-7(10(12)17)15(9)11(6)18;1-2-6-10-8-4-3-7-9(10)5-1;1-2/h6-7,9,13H,2-5H2,1H3,(H2,12,17)(H,14,16);1-2,5-6H,3-4,7-8H2;1-2H3/t6-,7?,9?;;/m0../s1. The zero-order valence-electron chi connectivity index (χ0n) is 18.9. The van der Waals surface area contributed by atoms with E-state index in [1.165, 1.54) is 30.6 Å². The van der Waals surface area contributed by atoms with Crippen LogP contribution in [-0.4, -0.2) is 61.1 Å². The van der Waals surface area contributed by atoms with Crippen molar-refractivity contribution in [3.8, 4) is 0 Å². The molecule has 3 amide bonds. The molecule has 8 nitrogen and oxygen atoms in total. The first-order valence-corrected chi connectivity index (χ1v) is 11.2. The Hall–Kier alpha value is -2.45. The predicted molar refractivity (Wildman–Crippen MR) is 119 cm³/mol. The van der Waals surface area contributed by atoms with E-state index in [0.29, 0.717) is 12.8 Å². The van der Waals surface area contributed by atoms with E-state index in [-0.39, 0.29) is 25.0 Å². The van der Waals surface area contributed by atoms with E-state index in [9.17, 15) is 14.4 Å². The van der Waals surface area contributed by atoms with Crippen LogP contribution in [0.15, 0.2) is 24.3 Å². The number of hydrogen-bond donors (Lipinski definition) is 3. The van der Waals surface area contributed by atoms with Crippen LogP contribution in [0.5, 0.6) is 0 Å². The number of nitrogens with zero attached hydrogens (tertiary/aromatic N) is 1. The number of carbonyl (C=O) groups is 3. The summed E-state index contributed by atoms with van der Waals surface area (Å²) >= 11 is 0. The molecule has 2 unspecified atom stereocenters. The molecule has 1 aromatic carbocycles. The maximum atomic E-state index is 12.3. The summed E-state index contributed by atoms with van der Waals surface area (Å²) in [7, 11) is 1.64. The second-order valence-electron chi connectivity index (χ2n) is 7.66. The largest absolute Gasteiger partial charge is 0.368 e. The molecule has 1 aromatic rings. The monoisotopic (exact) mass is 432 g/mol. The fourth-order valence-electron chi connectivity index (χ4n) is 4.16. The minimum atomic E-state index is -0.753. The normalized spacial score (nSPS) is 23.9. The van der Waals surface area contributed by atoms with Gasteiger partial charge in [-0.3, -0.25) is 14.4 Å². The number of amides is 3. The van der Waals surface area contributed by atoms with Crippen LogP contribution >= 0.6 is 0 Å². The summed E-state index contributed by atoms with van der Waals surface area (Å²) in [5.74, 6) is -1.14. The van der Waals surface area contributed by atoms with Crippen LogP contribution in [0.2, 0.25) is 0 Å². The second kappa shape index (κ2) is 12.4. The molecule has 1 aliphatic carbocycles. The van der Waals surface area contributed by atoms with Gasteiger partial charge in [-0.1, -0.05) is 38.1 Å². The SMILES string of the molecule is CC.CNCC(=O)N[C@H]1COC2CCC(C(N)=O)N2C1=O.c1ccc2c(c1)CCCC2. The first kappa shape index (κ1) is 24.8. The first-order valence-electron chi connectivity index (χ1n) is 11.2. The van der Waals surface area contributed by atoms with Gasteiger partial charge in [-0.05, 0) is 56.7 Å². The molecule has 0 radical (unpaired) electrons. The number of carbonyl (C=O) groups excluding carboxylic acids is 3. The van der Waals surface area contributed by atoms with Crippen LogP contribution in [0.3, 0.4) is 0 Å². The highest BCUT2D eigenvalue weighted by atomic mass is 16.5. The lowest BCUT2D eigenvalue weighted by molar-refractivity contribution is -0.166.